The minimum atomic E-state index is -1.14. The third kappa shape index (κ3) is 4.51. The van der Waals surface area contributed by atoms with Crippen molar-refractivity contribution in [2.75, 3.05) is 7.11 Å². The number of thiazole rings is 1. The number of halogens is 1. The van der Waals surface area contributed by atoms with Crippen LogP contribution < -0.4 is 14.9 Å². The molecule has 5 rings (SSSR count). The Bertz CT molecular complexity index is 1780. The van der Waals surface area contributed by atoms with E-state index in [1.807, 2.05) is 37.3 Å². The number of allylic oxidation sites excluding steroid dienone is 1. The van der Waals surface area contributed by atoms with E-state index in [1.54, 1.807) is 24.3 Å². The van der Waals surface area contributed by atoms with Gasteiger partial charge in [0.1, 0.15) is 11.5 Å². The van der Waals surface area contributed by atoms with Crippen molar-refractivity contribution in [1.82, 2.24) is 4.57 Å². The Kier molecular flexibility index (Phi) is 6.88. The number of fused-ring (bicyclic) bond motifs is 1. The number of carboxylic acid groups (broad SMARTS) is 1. The van der Waals surface area contributed by atoms with E-state index >= 15 is 0 Å². The molecule has 0 spiro atoms. The molecule has 1 aliphatic heterocycles. The molecule has 0 radical (unpaired) electrons. The molecule has 38 heavy (non-hydrogen) atoms. The number of hydrogen-bond donors (Lipinski definition) is 1. The smallest absolute Gasteiger partial charge is 0.338 e. The van der Waals surface area contributed by atoms with Gasteiger partial charge in [0.25, 0.3) is 5.56 Å². The number of aromatic nitrogens is 1. The summed E-state index contributed by atoms with van der Waals surface area (Å²) in [7, 11) is 1.31. The first-order valence-electron chi connectivity index (χ1n) is 11.6. The van der Waals surface area contributed by atoms with Crippen LogP contribution in [-0.4, -0.2) is 28.7 Å². The number of carbonyl (C=O) groups excluding carboxylic acids is 1. The zero-order valence-electron chi connectivity index (χ0n) is 20.3. The van der Waals surface area contributed by atoms with Crippen LogP contribution in [0.4, 0.5) is 0 Å². The maximum absolute atomic E-state index is 13.7. The van der Waals surface area contributed by atoms with Crippen LogP contribution in [0, 0.1) is 0 Å². The van der Waals surface area contributed by atoms with E-state index in [-0.39, 0.29) is 16.1 Å². The Hall–Kier alpha value is -4.21. The van der Waals surface area contributed by atoms with Crippen LogP contribution in [-0.2, 0) is 9.53 Å². The fraction of sp³-hybridized carbons (Fsp3) is 0.143. The highest BCUT2D eigenvalue weighted by Gasteiger charge is 2.33. The van der Waals surface area contributed by atoms with Crippen molar-refractivity contribution >= 4 is 41.0 Å². The minimum Gasteiger partial charge on any atom is -0.478 e. The summed E-state index contributed by atoms with van der Waals surface area (Å²) >= 11 is 7.18. The highest BCUT2D eigenvalue weighted by atomic mass is 35.5. The lowest BCUT2D eigenvalue weighted by atomic mass is 9.95. The Morgan fingerprint density at radius 2 is 1.95 bits per heavy atom. The molecular formula is C28H21ClN2O6S. The summed E-state index contributed by atoms with van der Waals surface area (Å²) in [5.74, 6) is -0.855. The van der Waals surface area contributed by atoms with Crippen molar-refractivity contribution in [3.05, 3.63) is 114 Å². The number of carbonyl (C=O) groups is 2. The molecule has 1 aliphatic rings. The summed E-state index contributed by atoms with van der Waals surface area (Å²) in [5, 5.41) is 9.48. The largest absolute Gasteiger partial charge is 0.478 e. The molecule has 0 saturated heterocycles. The fourth-order valence-corrected chi connectivity index (χ4v) is 5.57. The highest BCUT2D eigenvalue weighted by molar-refractivity contribution is 7.07. The third-order valence-electron chi connectivity index (χ3n) is 6.15. The van der Waals surface area contributed by atoms with Crippen LogP contribution in [0.15, 0.2) is 86.1 Å². The Balaban J connectivity index is 1.63. The molecule has 0 bridgehead atoms. The third-order valence-corrected chi connectivity index (χ3v) is 7.46. The Morgan fingerprint density at radius 1 is 1.18 bits per heavy atom. The summed E-state index contributed by atoms with van der Waals surface area (Å²) in [6, 6.07) is 16.6. The quantitative estimate of drug-likeness (QED) is 0.357. The molecule has 8 nitrogen and oxygen atoms in total. The van der Waals surface area contributed by atoms with Crippen molar-refractivity contribution in [3.8, 4) is 11.3 Å². The van der Waals surface area contributed by atoms with Crippen LogP contribution >= 0.6 is 22.9 Å². The van der Waals surface area contributed by atoms with Crippen LogP contribution in [0.3, 0.4) is 0 Å². The minimum absolute atomic E-state index is 0.0375. The molecule has 1 atom stereocenters. The van der Waals surface area contributed by atoms with E-state index in [0.717, 1.165) is 5.56 Å². The number of furan rings is 1. The number of rotatable bonds is 6. The Labute approximate surface area is 225 Å². The maximum Gasteiger partial charge on any atom is 0.338 e. The van der Waals surface area contributed by atoms with Gasteiger partial charge < -0.3 is 14.3 Å². The molecule has 0 saturated carbocycles. The summed E-state index contributed by atoms with van der Waals surface area (Å²) < 4.78 is 12.9. The van der Waals surface area contributed by atoms with Crippen molar-refractivity contribution in [3.63, 3.8) is 0 Å². The molecule has 10 heteroatoms. The maximum atomic E-state index is 13.7. The van der Waals surface area contributed by atoms with Gasteiger partial charge >= 0.3 is 11.9 Å². The molecule has 0 unspecified atom stereocenters. The summed E-state index contributed by atoms with van der Waals surface area (Å²) in [5.41, 5.74) is 1.83. The zero-order valence-corrected chi connectivity index (χ0v) is 21.9. The van der Waals surface area contributed by atoms with Gasteiger partial charge in [0, 0.05) is 11.6 Å². The lowest BCUT2D eigenvalue weighted by molar-refractivity contribution is -0.136. The van der Waals surface area contributed by atoms with Gasteiger partial charge in [0.05, 0.1) is 39.5 Å². The van der Waals surface area contributed by atoms with E-state index in [9.17, 15) is 19.5 Å². The van der Waals surface area contributed by atoms with Crippen LogP contribution in [0.5, 0.6) is 0 Å². The molecule has 1 N–H and O–H groups in total. The van der Waals surface area contributed by atoms with Crippen molar-refractivity contribution in [1.29, 1.82) is 0 Å². The molecule has 0 amide bonds. The monoisotopic (exact) mass is 548 g/mol. The number of benzene rings is 2. The summed E-state index contributed by atoms with van der Waals surface area (Å²) in [6.45, 7) is 1.90. The number of nitrogens with zero attached hydrogens (tertiary/aromatic N) is 2. The lowest BCUT2D eigenvalue weighted by Crippen LogP contribution is -2.40. The van der Waals surface area contributed by atoms with Crippen LogP contribution in [0.2, 0.25) is 5.02 Å². The van der Waals surface area contributed by atoms with Crippen LogP contribution in [0.1, 0.15) is 41.1 Å². The average Bonchev–Trinajstić information content (AvgIpc) is 3.52. The van der Waals surface area contributed by atoms with Gasteiger partial charge in [-0.2, -0.15) is 0 Å². The van der Waals surface area contributed by atoms with E-state index in [2.05, 4.69) is 4.99 Å². The topological polar surface area (TPSA) is 111 Å². The van der Waals surface area contributed by atoms with E-state index in [0.29, 0.717) is 44.1 Å². The zero-order chi connectivity index (χ0) is 27.0. The number of carboxylic acids is 1. The van der Waals surface area contributed by atoms with Gasteiger partial charge in [0.15, 0.2) is 4.80 Å². The predicted octanol–water partition coefficient (Wildman–Crippen LogP) is 4.41. The van der Waals surface area contributed by atoms with Gasteiger partial charge in [-0.25, -0.2) is 14.6 Å². The van der Waals surface area contributed by atoms with E-state index in [4.69, 9.17) is 20.8 Å². The molecule has 2 aromatic carbocycles. The second-order valence-electron chi connectivity index (χ2n) is 8.40. The fourth-order valence-electron chi connectivity index (χ4n) is 4.37. The van der Waals surface area contributed by atoms with Crippen LogP contribution in [0.25, 0.3) is 17.4 Å². The average molecular weight is 549 g/mol. The van der Waals surface area contributed by atoms with Gasteiger partial charge in [-0.3, -0.25) is 9.36 Å². The molecule has 0 aliphatic carbocycles. The van der Waals surface area contributed by atoms with Crippen molar-refractivity contribution in [2.24, 2.45) is 4.99 Å². The molecule has 192 valence electrons. The SMILES string of the molecule is CCC1=C(C(=O)OC)[C@H](c2ccccc2)n2c(s/c(=C/c3ccc(-c4ccc(Cl)c(C(=O)O)c4)o3)c2=O)=N1. The summed E-state index contributed by atoms with van der Waals surface area (Å²) in [6.07, 6.45) is 2.09. The van der Waals surface area contributed by atoms with E-state index < -0.39 is 18.0 Å². The summed E-state index contributed by atoms with van der Waals surface area (Å²) in [4.78, 5) is 43.1. The number of hydrogen-bond acceptors (Lipinski definition) is 7. The Morgan fingerprint density at radius 3 is 2.63 bits per heavy atom. The molecule has 2 aromatic heterocycles. The predicted molar refractivity (Wildman–Crippen MR) is 143 cm³/mol. The molecule has 4 aromatic rings. The highest BCUT2D eigenvalue weighted by Crippen LogP contribution is 2.32. The second-order valence-corrected chi connectivity index (χ2v) is 9.82. The molecule has 3 heterocycles. The van der Waals surface area contributed by atoms with Crippen molar-refractivity contribution in [2.45, 2.75) is 19.4 Å². The normalized spacial score (nSPS) is 15.2. The number of esters is 1. The van der Waals surface area contributed by atoms with Gasteiger partial charge in [-0.15, -0.1) is 0 Å². The van der Waals surface area contributed by atoms with Gasteiger partial charge in [-0.1, -0.05) is 60.2 Å². The number of aromatic carboxylic acids is 1. The molecular weight excluding hydrogens is 528 g/mol. The standard InChI is InChI=1S/C28H21ClN2O6S/c1-3-20-23(27(35)36-2)24(15-7-5-4-6-8-15)31-25(32)22(38-28(31)30-20)14-17-10-12-21(37-17)16-9-11-19(29)18(13-16)26(33)34/h4-14,24H,3H2,1-2H3,(H,33,34)/b22-14+/t24-/m0/s1. The lowest BCUT2D eigenvalue weighted by Gasteiger charge is -2.25. The van der Waals surface area contributed by atoms with E-state index in [1.165, 1.54) is 35.1 Å². The number of ether oxygens (including phenoxy) is 1. The second kappa shape index (κ2) is 10.3. The van der Waals surface area contributed by atoms with Crippen molar-refractivity contribution < 1.29 is 23.8 Å². The first-order valence-corrected chi connectivity index (χ1v) is 12.8. The first-order chi connectivity index (χ1) is 18.3. The molecule has 0 fully saturated rings. The van der Waals surface area contributed by atoms with Gasteiger partial charge in [-0.05, 0) is 42.3 Å². The first kappa shape index (κ1) is 25.4. The number of methoxy groups -OCH3 is 1. The van der Waals surface area contributed by atoms with Gasteiger partial charge in [0.2, 0.25) is 0 Å².